The van der Waals surface area contributed by atoms with Gasteiger partial charge in [-0.15, -0.1) is 0 Å². The molecule has 0 saturated heterocycles. The predicted molar refractivity (Wildman–Crippen MR) is 66.1 cm³/mol. The molecule has 0 aliphatic rings. The van der Waals surface area contributed by atoms with Gasteiger partial charge in [0.05, 0.1) is 0 Å². The van der Waals surface area contributed by atoms with Gasteiger partial charge in [-0.3, -0.25) is 0 Å². The quantitative estimate of drug-likeness (QED) is 0.519. The highest BCUT2D eigenvalue weighted by atomic mass is 13.7. The Hall–Kier alpha value is -0.780. The smallest absolute Gasteiger partial charge is 0.0404 e. The molecule has 0 rings (SSSR count). The molecule has 0 atom stereocenters. The normalized spacial score (nSPS) is 7.77. The Morgan fingerprint density at radius 3 is 1.46 bits per heavy atom. The van der Waals surface area contributed by atoms with Crippen LogP contribution in [0, 0.1) is 0 Å². The monoisotopic (exact) mass is 182 g/mol. The minimum atomic E-state index is 1.06. The van der Waals surface area contributed by atoms with Crippen LogP contribution in [0.25, 0.3) is 0 Å². The summed E-state index contributed by atoms with van der Waals surface area (Å²) in [5.74, 6) is 0. The zero-order valence-electron chi connectivity index (χ0n) is 10.1. The van der Waals surface area contributed by atoms with Crippen LogP contribution < -0.4 is 0 Å². The van der Waals surface area contributed by atoms with Crippen LogP contribution in [0.1, 0.15) is 47.5 Å². The minimum Gasteiger partial charge on any atom is -0.0991 e. The topological polar surface area (TPSA) is 0 Å². The van der Waals surface area contributed by atoms with Gasteiger partial charge in [0.1, 0.15) is 0 Å². The average molecular weight is 182 g/mol. The summed E-state index contributed by atoms with van der Waals surface area (Å²) in [6, 6.07) is 0. The average Bonchev–Trinajstić information content (AvgIpc) is 2.04. The van der Waals surface area contributed by atoms with E-state index in [2.05, 4.69) is 40.9 Å². The van der Waals surface area contributed by atoms with Gasteiger partial charge in [-0.1, -0.05) is 77.5 Å². The molecule has 0 aromatic heterocycles. The first kappa shape index (κ1) is 18.1. The second-order valence-electron chi connectivity index (χ2n) is 2.86. The first-order chi connectivity index (χ1) is 6.10. The molecule has 0 N–H and O–H groups in total. The van der Waals surface area contributed by atoms with Gasteiger partial charge in [0, 0.05) is 0 Å². The standard InChI is InChI=1S/C7H10.2C3H8/c1-4-5-6-7(2)3;2*1-3-2/h4-6H,1-2H2,3H3;2*3H2,1-2H3/b6-5-;;. The molecular formula is C13H26. The van der Waals surface area contributed by atoms with Crippen LogP contribution in [-0.2, 0) is 0 Å². The van der Waals surface area contributed by atoms with E-state index in [-0.39, 0.29) is 0 Å². The molecule has 0 heterocycles. The van der Waals surface area contributed by atoms with Crippen LogP contribution in [-0.4, -0.2) is 0 Å². The van der Waals surface area contributed by atoms with E-state index in [9.17, 15) is 0 Å². The highest BCUT2D eigenvalue weighted by Crippen LogP contribution is 1.86. The maximum atomic E-state index is 3.66. The third-order valence-electron chi connectivity index (χ3n) is 0.517. The molecule has 0 fully saturated rings. The van der Waals surface area contributed by atoms with Crippen molar-refractivity contribution in [1.29, 1.82) is 0 Å². The number of hydrogen-bond acceptors (Lipinski definition) is 0. The van der Waals surface area contributed by atoms with E-state index in [1.54, 1.807) is 6.08 Å². The van der Waals surface area contributed by atoms with E-state index in [1.807, 2.05) is 19.1 Å². The maximum Gasteiger partial charge on any atom is -0.0404 e. The lowest BCUT2D eigenvalue weighted by Gasteiger charge is -1.77. The summed E-state index contributed by atoms with van der Waals surface area (Å²) in [4.78, 5) is 0. The van der Waals surface area contributed by atoms with Crippen molar-refractivity contribution in [3.05, 3.63) is 37.0 Å². The number of hydrogen-bond donors (Lipinski definition) is 0. The fourth-order valence-corrected chi connectivity index (χ4v) is 0.232. The molecule has 0 unspecified atom stereocenters. The van der Waals surface area contributed by atoms with Gasteiger partial charge in [0.25, 0.3) is 0 Å². The van der Waals surface area contributed by atoms with Gasteiger partial charge in [0.2, 0.25) is 0 Å². The lowest BCUT2D eigenvalue weighted by molar-refractivity contribution is 1.09. The zero-order chi connectivity index (χ0) is 11.1. The molecule has 0 heteroatoms. The number of allylic oxidation sites excluding steroid dienone is 4. The molecule has 0 aliphatic carbocycles. The summed E-state index contributed by atoms with van der Waals surface area (Å²) < 4.78 is 0. The van der Waals surface area contributed by atoms with E-state index >= 15 is 0 Å². The fraction of sp³-hybridized carbons (Fsp3) is 0.538. The van der Waals surface area contributed by atoms with Gasteiger partial charge in [-0.05, 0) is 6.92 Å². The van der Waals surface area contributed by atoms with Gasteiger partial charge in [0.15, 0.2) is 0 Å². The summed E-state index contributed by atoms with van der Waals surface area (Å²) in [6.45, 7) is 17.6. The third kappa shape index (κ3) is 92.0. The van der Waals surface area contributed by atoms with Crippen molar-refractivity contribution in [3.8, 4) is 0 Å². The van der Waals surface area contributed by atoms with Crippen LogP contribution in [0.15, 0.2) is 37.0 Å². The van der Waals surface area contributed by atoms with E-state index < -0.39 is 0 Å². The van der Waals surface area contributed by atoms with Crippen molar-refractivity contribution >= 4 is 0 Å². The summed E-state index contributed by atoms with van der Waals surface area (Å²) in [6.07, 6.45) is 8.00. The van der Waals surface area contributed by atoms with Gasteiger partial charge in [-0.25, -0.2) is 0 Å². The lowest BCUT2D eigenvalue weighted by atomic mass is 10.3. The first-order valence-electron chi connectivity index (χ1n) is 5.05. The van der Waals surface area contributed by atoms with Gasteiger partial charge in [-0.2, -0.15) is 0 Å². The van der Waals surface area contributed by atoms with Crippen LogP contribution in [0.5, 0.6) is 0 Å². The Morgan fingerprint density at radius 2 is 1.38 bits per heavy atom. The van der Waals surface area contributed by atoms with Crippen LogP contribution >= 0.6 is 0 Å². The molecule has 0 radical (unpaired) electrons. The predicted octanol–water partition coefficient (Wildman–Crippen LogP) is 5.14. The molecule has 13 heavy (non-hydrogen) atoms. The minimum absolute atomic E-state index is 1.06. The van der Waals surface area contributed by atoms with Crippen LogP contribution in [0.4, 0.5) is 0 Å². The Labute approximate surface area is 85.1 Å². The van der Waals surface area contributed by atoms with Crippen molar-refractivity contribution < 1.29 is 0 Å². The highest BCUT2D eigenvalue weighted by Gasteiger charge is 1.65. The van der Waals surface area contributed by atoms with E-state index in [0.29, 0.717) is 0 Å². The summed E-state index contributed by atoms with van der Waals surface area (Å²) >= 11 is 0. The Bertz CT molecular complexity index is 116. The first-order valence-corrected chi connectivity index (χ1v) is 5.05. The molecule has 0 saturated carbocycles. The molecule has 0 bridgehead atoms. The SMILES string of the molecule is C=C/C=C\C(=C)C.CCC.CCC. The van der Waals surface area contributed by atoms with Crippen molar-refractivity contribution in [3.63, 3.8) is 0 Å². The molecule has 0 aromatic carbocycles. The summed E-state index contributed by atoms with van der Waals surface area (Å²) in [5, 5.41) is 0. The Balaban J connectivity index is -0.000000140. The van der Waals surface area contributed by atoms with E-state index in [0.717, 1.165) is 5.57 Å². The third-order valence-corrected chi connectivity index (χ3v) is 0.517. The van der Waals surface area contributed by atoms with Gasteiger partial charge < -0.3 is 0 Å². The Kier molecular flexibility index (Phi) is 31.3. The second-order valence-corrected chi connectivity index (χ2v) is 2.86. The lowest BCUT2D eigenvalue weighted by Crippen LogP contribution is -1.55. The van der Waals surface area contributed by atoms with Crippen molar-refractivity contribution in [2.45, 2.75) is 47.5 Å². The summed E-state index contributed by atoms with van der Waals surface area (Å²) in [5.41, 5.74) is 1.06. The van der Waals surface area contributed by atoms with Crippen LogP contribution in [0.3, 0.4) is 0 Å². The zero-order valence-corrected chi connectivity index (χ0v) is 10.1. The van der Waals surface area contributed by atoms with Gasteiger partial charge >= 0.3 is 0 Å². The number of rotatable bonds is 2. The molecule has 0 nitrogen and oxygen atoms in total. The maximum absolute atomic E-state index is 3.66. The molecule has 78 valence electrons. The highest BCUT2D eigenvalue weighted by molar-refractivity contribution is 5.15. The van der Waals surface area contributed by atoms with Crippen molar-refractivity contribution in [1.82, 2.24) is 0 Å². The summed E-state index contributed by atoms with van der Waals surface area (Å²) in [7, 11) is 0. The van der Waals surface area contributed by atoms with Crippen LogP contribution in [0.2, 0.25) is 0 Å². The van der Waals surface area contributed by atoms with E-state index in [4.69, 9.17) is 0 Å². The largest absolute Gasteiger partial charge is 0.0991 e. The molecular weight excluding hydrogens is 156 g/mol. The molecule has 0 amide bonds. The van der Waals surface area contributed by atoms with E-state index in [1.165, 1.54) is 12.8 Å². The fourth-order valence-electron chi connectivity index (χ4n) is 0.232. The second kappa shape index (κ2) is 22.5. The Morgan fingerprint density at radius 1 is 1.08 bits per heavy atom. The van der Waals surface area contributed by atoms with Crippen molar-refractivity contribution in [2.24, 2.45) is 0 Å². The van der Waals surface area contributed by atoms with Crippen molar-refractivity contribution in [2.75, 3.05) is 0 Å². The molecule has 0 aromatic rings. The molecule has 0 aliphatic heterocycles. The molecule has 0 spiro atoms.